The second kappa shape index (κ2) is 8.93. The summed E-state index contributed by atoms with van der Waals surface area (Å²) in [4.78, 5) is 26.3. The van der Waals surface area contributed by atoms with Crippen molar-refractivity contribution in [3.05, 3.63) is 53.5 Å². The summed E-state index contributed by atoms with van der Waals surface area (Å²) >= 11 is 0. The average molecular weight is 422 g/mol. The molecule has 1 atom stereocenters. The molecule has 1 aliphatic rings. The first-order chi connectivity index (χ1) is 14.2. The number of carbonyl (C=O) groups excluding carboxylic acids is 2. The number of alkyl halides is 3. The van der Waals surface area contributed by atoms with E-state index in [0.29, 0.717) is 16.0 Å². The molecule has 5 nitrogen and oxygen atoms in total. The van der Waals surface area contributed by atoms with Crippen molar-refractivity contribution in [2.45, 2.75) is 64.2 Å². The van der Waals surface area contributed by atoms with Crippen LogP contribution in [0.5, 0.6) is 0 Å². The number of aryl methyl sites for hydroxylation is 1. The fourth-order valence-electron chi connectivity index (χ4n) is 3.85. The standard InChI is InChI=1S/C22H25F3N2O3/c1-14-8-6-11-17(15(14)2)27(21(29)22(23,24)25)19(18-12-7-13-30-18)20(28)26-16-9-4-3-5-10-16/h6-8,11-13,16,19H,3-5,9-10H2,1-2H3,(H,26,28). The van der Waals surface area contributed by atoms with Gasteiger partial charge in [-0.15, -0.1) is 0 Å². The molecule has 1 aromatic carbocycles. The highest BCUT2D eigenvalue weighted by molar-refractivity contribution is 6.04. The topological polar surface area (TPSA) is 62.6 Å². The van der Waals surface area contributed by atoms with Crippen LogP contribution in [0.15, 0.2) is 41.0 Å². The van der Waals surface area contributed by atoms with Crippen molar-refractivity contribution in [1.29, 1.82) is 0 Å². The Labute approximate surface area is 173 Å². The Balaban J connectivity index is 2.08. The van der Waals surface area contributed by atoms with Crippen LogP contribution in [0.25, 0.3) is 0 Å². The molecule has 1 N–H and O–H groups in total. The molecule has 3 rings (SSSR count). The van der Waals surface area contributed by atoms with Gasteiger partial charge in [-0.1, -0.05) is 31.4 Å². The van der Waals surface area contributed by atoms with Gasteiger partial charge in [0.05, 0.1) is 6.26 Å². The second-order valence-electron chi connectivity index (χ2n) is 7.65. The van der Waals surface area contributed by atoms with E-state index in [1.807, 2.05) is 0 Å². The number of rotatable bonds is 5. The molecule has 0 radical (unpaired) electrons. The minimum Gasteiger partial charge on any atom is -0.467 e. The molecule has 1 saturated carbocycles. The van der Waals surface area contributed by atoms with Gasteiger partial charge in [-0.2, -0.15) is 13.2 Å². The van der Waals surface area contributed by atoms with E-state index in [4.69, 9.17) is 4.42 Å². The zero-order valence-corrected chi connectivity index (χ0v) is 17.0. The molecule has 0 bridgehead atoms. The van der Waals surface area contributed by atoms with E-state index in [1.54, 1.807) is 26.0 Å². The van der Waals surface area contributed by atoms with Crippen molar-refractivity contribution in [2.75, 3.05) is 4.90 Å². The molecule has 2 aromatic rings. The summed E-state index contributed by atoms with van der Waals surface area (Å²) in [6, 6.07) is 5.89. The predicted molar refractivity (Wildman–Crippen MR) is 106 cm³/mol. The first-order valence-corrected chi connectivity index (χ1v) is 10.0. The van der Waals surface area contributed by atoms with Gasteiger partial charge in [-0.25, -0.2) is 0 Å². The van der Waals surface area contributed by atoms with Gasteiger partial charge < -0.3 is 9.73 Å². The molecule has 0 saturated heterocycles. The first-order valence-electron chi connectivity index (χ1n) is 10.0. The van der Waals surface area contributed by atoms with Gasteiger partial charge in [0, 0.05) is 11.7 Å². The Hall–Kier alpha value is -2.77. The quantitative estimate of drug-likeness (QED) is 0.739. The predicted octanol–water partition coefficient (Wildman–Crippen LogP) is 4.98. The van der Waals surface area contributed by atoms with Crippen LogP contribution in [0.1, 0.15) is 55.0 Å². The fraction of sp³-hybridized carbons (Fsp3) is 0.455. The van der Waals surface area contributed by atoms with Crippen LogP contribution in [0.3, 0.4) is 0 Å². The number of carbonyl (C=O) groups is 2. The number of benzene rings is 1. The lowest BCUT2D eigenvalue weighted by Gasteiger charge is -2.33. The number of nitrogens with one attached hydrogen (secondary N) is 1. The molecule has 8 heteroatoms. The summed E-state index contributed by atoms with van der Waals surface area (Å²) in [6.07, 6.45) is 0.578. The number of anilines is 1. The lowest BCUT2D eigenvalue weighted by molar-refractivity contribution is -0.171. The molecule has 1 aromatic heterocycles. The Morgan fingerprint density at radius 1 is 1.10 bits per heavy atom. The number of amides is 2. The zero-order valence-electron chi connectivity index (χ0n) is 17.0. The van der Waals surface area contributed by atoms with E-state index in [0.717, 1.165) is 32.1 Å². The van der Waals surface area contributed by atoms with Crippen molar-refractivity contribution in [3.8, 4) is 0 Å². The summed E-state index contributed by atoms with van der Waals surface area (Å²) in [5.74, 6) is -2.83. The number of nitrogens with zero attached hydrogens (tertiary/aromatic N) is 1. The molecule has 1 aliphatic carbocycles. The SMILES string of the molecule is Cc1cccc(N(C(=O)C(F)(F)F)C(C(=O)NC2CCCCC2)c2ccco2)c1C. The van der Waals surface area contributed by atoms with Crippen LogP contribution in [-0.4, -0.2) is 24.0 Å². The third kappa shape index (κ3) is 4.68. The van der Waals surface area contributed by atoms with Crippen molar-refractivity contribution in [1.82, 2.24) is 5.32 Å². The maximum atomic E-state index is 13.6. The number of halogens is 3. The molecular weight excluding hydrogens is 397 g/mol. The van der Waals surface area contributed by atoms with Crippen LogP contribution in [0.2, 0.25) is 0 Å². The van der Waals surface area contributed by atoms with Gasteiger partial charge >= 0.3 is 12.1 Å². The highest BCUT2D eigenvalue weighted by Gasteiger charge is 2.48. The smallest absolute Gasteiger partial charge is 0.467 e. The van der Waals surface area contributed by atoms with Crippen LogP contribution in [-0.2, 0) is 9.59 Å². The molecule has 1 unspecified atom stereocenters. The normalized spacial score (nSPS) is 16.2. The van der Waals surface area contributed by atoms with E-state index >= 15 is 0 Å². The maximum absolute atomic E-state index is 13.6. The molecular formula is C22H25F3N2O3. The third-order valence-corrected chi connectivity index (χ3v) is 5.57. The Morgan fingerprint density at radius 3 is 2.40 bits per heavy atom. The zero-order chi connectivity index (χ0) is 21.9. The van der Waals surface area contributed by atoms with E-state index < -0.39 is 24.0 Å². The molecule has 1 heterocycles. The van der Waals surface area contributed by atoms with E-state index in [-0.39, 0.29) is 17.5 Å². The van der Waals surface area contributed by atoms with Crippen molar-refractivity contribution in [3.63, 3.8) is 0 Å². The van der Waals surface area contributed by atoms with Crippen molar-refractivity contribution >= 4 is 17.5 Å². The summed E-state index contributed by atoms with van der Waals surface area (Å²) in [5, 5.41) is 2.84. The van der Waals surface area contributed by atoms with Crippen LogP contribution in [0, 0.1) is 13.8 Å². The molecule has 30 heavy (non-hydrogen) atoms. The minimum absolute atomic E-state index is 0.0255. The highest BCUT2D eigenvalue weighted by Crippen LogP contribution is 2.36. The lowest BCUT2D eigenvalue weighted by atomic mass is 9.95. The molecule has 0 spiro atoms. The minimum atomic E-state index is -5.16. The number of furan rings is 1. The lowest BCUT2D eigenvalue weighted by Crippen LogP contribution is -2.51. The van der Waals surface area contributed by atoms with Gasteiger partial charge in [0.1, 0.15) is 5.76 Å². The molecule has 162 valence electrons. The van der Waals surface area contributed by atoms with Crippen LogP contribution < -0.4 is 10.2 Å². The van der Waals surface area contributed by atoms with E-state index in [1.165, 1.54) is 24.5 Å². The Kier molecular flexibility index (Phi) is 6.53. The highest BCUT2D eigenvalue weighted by atomic mass is 19.4. The van der Waals surface area contributed by atoms with Gasteiger partial charge in [-0.3, -0.25) is 14.5 Å². The van der Waals surface area contributed by atoms with Gasteiger partial charge in [0.15, 0.2) is 6.04 Å². The van der Waals surface area contributed by atoms with Gasteiger partial charge in [-0.05, 0) is 56.0 Å². The third-order valence-electron chi connectivity index (χ3n) is 5.57. The van der Waals surface area contributed by atoms with Crippen molar-refractivity contribution < 1.29 is 27.2 Å². The summed E-state index contributed by atoms with van der Waals surface area (Å²) in [6.45, 7) is 3.36. The van der Waals surface area contributed by atoms with Crippen LogP contribution >= 0.6 is 0 Å². The first kappa shape index (κ1) is 21.9. The summed E-state index contributed by atoms with van der Waals surface area (Å²) in [5.41, 5.74) is 1.22. The van der Waals surface area contributed by atoms with E-state index in [9.17, 15) is 22.8 Å². The average Bonchev–Trinajstić information content (AvgIpc) is 3.22. The Bertz CT molecular complexity index is 888. The largest absolute Gasteiger partial charge is 0.471 e. The molecule has 0 aliphatic heterocycles. The maximum Gasteiger partial charge on any atom is 0.471 e. The molecule has 1 fully saturated rings. The summed E-state index contributed by atoms with van der Waals surface area (Å²) in [7, 11) is 0. The fourth-order valence-corrected chi connectivity index (χ4v) is 3.85. The van der Waals surface area contributed by atoms with Gasteiger partial charge in [0.2, 0.25) is 0 Å². The second-order valence-corrected chi connectivity index (χ2v) is 7.65. The molecule has 2 amide bonds. The van der Waals surface area contributed by atoms with Gasteiger partial charge in [0.25, 0.3) is 5.91 Å². The number of hydrogen-bond donors (Lipinski definition) is 1. The number of hydrogen-bond acceptors (Lipinski definition) is 3. The summed E-state index contributed by atoms with van der Waals surface area (Å²) < 4.78 is 46.1. The van der Waals surface area contributed by atoms with E-state index in [2.05, 4.69) is 5.32 Å². The van der Waals surface area contributed by atoms with Crippen molar-refractivity contribution in [2.24, 2.45) is 0 Å². The monoisotopic (exact) mass is 422 g/mol. The van der Waals surface area contributed by atoms with Crippen LogP contribution in [0.4, 0.5) is 18.9 Å². The Morgan fingerprint density at radius 2 is 1.80 bits per heavy atom.